The number of hydrogen-bond donors (Lipinski definition) is 1. The van der Waals surface area contributed by atoms with Crippen LogP contribution in [0.3, 0.4) is 0 Å². The summed E-state index contributed by atoms with van der Waals surface area (Å²) < 4.78 is 18.7. The van der Waals surface area contributed by atoms with Crippen molar-refractivity contribution in [3.63, 3.8) is 0 Å². The number of thioether (sulfide) groups is 1. The minimum Gasteiger partial charge on any atom is -0.444 e. The fourth-order valence-electron chi connectivity index (χ4n) is 4.05. The lowest BCUT2D eigenvalue weighted by Gasteiger charge is -2.36. The van der Waals surface area contributed by atoms with Crippen molar-refractivity contribution in [3.05, 3.63) is 60.2 Å². The first-order chi connectivity index (χ1) is 16.9. The normalized spacial score (nSPS) is 18.9. The first-order valence-corrected chi connectivity index (χ1v) is 13.0. The van der Waals surface area contributed by atoms with E-state index in [2.05, 4.69) is 29.6 Å². The van der Waals surface area contributed by atoms with Gasteiger partial charge < -0.3 is 15.0 Å². The van der Waals surface area contributed by atoms with Crippen LogP contribution in [0, 0.1) is 11.3 Å². The SMILES string of the molecule is CC(C)(C)OC(=O)N[C@H](C(=O)N1C[C@@H](F)C[C@H]1C#N)C(C)(C)SCc1ccc(-c2ccccc2)cc1. The van der Waals surface area contributed by atoms with E-state index >= 15 is 0 Å². The van der Waals surface area contributed by atoms with E-state index in [4.69, 9.17) is 4.74 Å². The van der Waals surface area contributed by atoms with E-state index in [0.717, 1.165) is 16.7 Å². The third-order valence-electron chi connectivity index (χ3n) is 5.96. The Kier molecular flexibility index (Phi) is 8.67. The van der Waals surface area contributed by atoms with Crippen LogP contribution in [0.5, 0.6) is 0 Å². The number of halogens is 1. The summed E-state index contributed by atoms with van der Waals surface area (Å²) in [4.78, 5) is 27.4. The first kappa shape index (κ1) is 27.5. The number of benzene rings is 2. The molecule has 1 heterocycles. The molecule has 0 bridgehead atoms. The van der Waals surface area contributed by atoms with E-state index in [1.165, 1.54) is 16.7 Å². The Bertz CT molecular complexity index is 1090. The van der Waals surface area contributed by atoms with Crippen LogP contribution in [0.25, 0.3) is 11.1 Å². The average Bonchev–Trinajstić information content (AvgIpc) is 3.21. The molecule has 0 spiro atoms. The molecule has 8 heteroatoms. The van der Waals surface area contributed by atoms with Gasteiger partial charge in [0.25, 0.3) is 0 Å². The molecule has 36 heavy (non-hydrogen) atoms. The number of ether oxygens (including phenoxy) is 1. The third kappa shape index (κ3) is 7.23. The zero-order valence-electron chi connectivity index (χ0n) is 21.5. The molecule has 3 atom stereocenters. The largest absolute Gasteiger partial charge is 0.444 e. The van der Waals surface area contributed by atoms with Gasteiger partial charge >= 0.3 is 6.09 Å². The van der Waals surface area contributed by atoms with Gasteiger partial charge in [-0.1, -0.05) is 54.6 Å². The molecule has 6 nitrogen and oxygen atoms in total. The summed E-state index contributed by atoms with van der Waals surface area (Å²) in [5.41, 5.74) is 2.56. The molecule has 1 aliphatic heterocycles. The van der Waals surface area contributed by atoms with Gasteiger partial charge in [-0.05, 0) is 51.3 Å². The van der Waals surface area contributed by atoms with Gasteiger partial charge in [-0.25, -0.2) is 9.18 Å². The van der Waals surface area contributed by atoms with E-state index in [1.807, 2.05) is 50.2 Å². The van der Waals surface area contributed by atoms with Crippen LogP contribution in [-0.2, 0) is 15.3 Å². The highest BCUT2D eigenvalue weighted by Gasteiger charge is 2.45. The summed E-state index contributed by atoms with van der Waals surface area (Å²) in [6, 6.07) is 18.4. The van der Waals surface area contributed by atoms with Crippen LogP contribution >= 0.6 is 11.8 Å². The maximum Gasteiger partial charge on any atom is 0.408 e. The highest BCUT2D eigenvalue weighted by atomic mass is 32.2. The lowest BCUT2D eigenvalue weighted by molar-refractivity contribution is -0.134. The molecular weight excluding hydrogens is 477 g/mol. The van der Waals surface area contributed by atoms with Gasteiger partial charge in [0, 0.05) is 16.9 Å². The summed E-state index contributed by atoms with van der Waals surface area (Å²) in [5, 5.41) is 12.2. The molecule has 0 aromatic heterocycles. The van der Waals surface area contributed by atoms with Crippen molar-refractivity contribution in [2.75, 3.05) is 6.54 Å². The minimum absolute atomic E-state index is 0.0251. The molecule has 0 aliphatic carbocycles. The molecule has 3 rings (SSSR count). The summed E-state index contributed by atoms with van der Waals surface area (Å²) in [5.74, 6) is 0.111. The Morgan fingerprint density at radius 3 is 2.31 bits per heavy atom. The van der Waals surface area contributed by atoms with Crippen LogP contribution in [-0.4, -0.2) is 52.0 Å². The monoisotopic (exact) mass is 511 g/mol. The number of likely N-dealkylation sites (tertiary alicyclic amines) is 1. The van der Waals surface area contributed by atoms with E-state index in [1.54, 1.807) is 20.8 Å². The Hall–Kier alpha value is -3.05. The molecule has 1 N–H and O–H groups in total. The minimum atomic E-state index is -1.26. The molecule has 2 aromatic rings. The number of rotatable bonds is 7. The molecule has 1 aliphatic rings. The quantitative estimate of drug-likeness (QED) is 0.514. The van der Waals surface area contributed by atoms with Gasteiger partial charge in [0.15, 0.2) is 0 Å². The second-order valence-electron chi connectivity index (χ2n) is 10.5. The number of nitrogens with one attached hydrogen (secondary N) is 1. The smallest absolute Gasteiger partial charge is 0.408 e. The number of carbonyl (C=O) groups excluding carboxylic acids is 2. The summed E-state index contributed by atoms with van der Waals surface area (Å²) in [6.07, 6.45) is -2.02. The number of alkyl halides is 1. The van der Waals surface area contributed by atoms with Crippen molar-refractivity contribution in [3.8, 4) is 17.2 Å². The van der Waals surface area contributed by atoms with Crippen molar-refractivity contribution in [2.45, 2.75) is 75.4 Å². The fraction of sp³-hybridized carbons (Fsp3) is 0.464. The summed E-state index contributed by atoms with van der Waals surface area (Å²) in [7, 11) is 0. The Balaban J connectivity index is 1.77. The molecular formula is C28H34FN3O3S. The highest BCUT2D eigenvalue weighted by molar-refractivity contribution is 7.99. The Morgan fingerprint density at radius 2 is 1.72 bits per heavy atom. The molecule has 1 fully saturated rings. The second-order valence-corrected chi connectivity index (χ2v) is 12.1. The maximum absolute atomic E-state index is 14.1. The Labute approximate surface area is 217 Å². The average molecular weight is 512 g/mol. The van der Waals surface area contributed by atoms with Crippen molar-refractivity contribution in [2.24, 2.45) is 0 Å². The Morgan fingerprint density at radius 1 is 1.11 bits per heavy atom. The molecule has 0 radical (unpaired) electrons. The number of carbonyl (C=O) groups is 2. The van der Waals surface area contributed by atoms with Crippen LogP contribution in [0.4, 0.5) is 9.18 Å². The van der Waals surface area contributed by atoms with E-state index in [-0.39, 0.29) is 13.0 Å². The molecule has 0 saturated carbocycles. The molecule has 0 unspecified atom stereocenters. The zero-order valence-corrected chi connectivity index (χ0v) is 22.3. The van der Waals surface area contributed by atoms with E-state index in [9.17, 15) is 19.2 Å². The van der Waals surface area contributed by atoms with E-state index in [0.29, 0.717) is 5.75 Å². The zero-order chi connectivity index (χ0) is 26.5. The van der Waals surface area contributed by atoms with Gasteiger partial charge in [-0.15, -0.1) is 11.8 Å². The van der Waals surface area contributed by atoms with Crippen LogP contribution in [0.1, 0.15) is 46.6 Å². The third-order valence-corrected chi connectivity index (χ3v) is 7.41. The van der Waals surface area contributed by atoms with Crippen LogP contribution in [0.2, 0.25) is 0 Å². The lowest BCUT2D eigenvalue weighted by atomic mass is 10.0. The molecule has 1 saturated heterocycles. The highest BCUT2D eigenvalue weighted by Crippen LogP contribution is 2.34. The van der Waals surface area contributed by atoms with Gasteiger partial charge in [-0.3, -0.25) is 4.79 Å². The maximum atomic E-state index is 14.1. The van der Waals surface area contributed by atoms with Crippen molar-refractivity contribution in [1.29, 1.82) is 5.26 Å². The fourth-order valence-corrected chi connectivity index (χ4v) is 5.11. The van der Waals surface area contributed by atoms with Crippen LogP contribution < -0.4 is 5.32 Å². The summed E-state index contributed by atoms with van der Waals surface area (Å²) >= 11 is 1.50. The number of nitriles is 1. The summed E-state index contributed by atoms with van der Waals surface area (Å²) in [6.45, 7) is 8.78. The van der Waals surface area contributed by atoms with Gasteiger partial charge in [0.05, 0.1) is 12.6 Å². The van der Waals surface area contributed by atoms with E-state index < -0.39 is 40.6 Å². The standard InChI is InChI=1S/C28H34FN3O3S/c1-27(2,3)35-26(34)31-24(25(33)32-17-22(29)15-23(32)16-30)28(4,5)36-18-19-11-13-21(14-12-19)20-9-7-6-8-10-20/h6-14,22-24H,15,17-18H2,1-5H3,(H,31,34)/t22-,23-,24+/m0/s1. The predicted octanol–water partition coefficient (Wildman–Crippen LogP) is 5.72. The van der Waals surface area contributed by atoms with Crippen molar-refractivity contribution >= 4 is 23.8 Å². The molecule has 192 valence electrons. The second kappa shape index (κ2) is 11.3. The number of alkyl carbamates (subject to hydrolysis) is 1. The predicted molar refractivity (Wildman–Crippen MR) is 141 cm³/mol. The van der Waals surface area contributed by atoms with Gasteiger partial charge in [0.2, 0.25) is 5.91 Å². The number of amides is 2. The molecule has 2 aromatic carbocycles. The lowest BCUT2D eigenvalue weighted by Crippen LogP contribution is -2.58. The topological polar surface area (TPSA) is 82.4 Å². The van der Waals surface area contributed by atoms with Crippen molar-refractivity contribution < 1.29 is 18.7 Å². The number of nitrogens with zero attached hydrogens (tertiary/aromatic N) is 2. The molecule has 2 amide bonds. The first-order valence-electron chi connectivity index (χ1n) is 12.0. The number of hydrogen-bond acceptors (Lipinski definition) is 5. The van der Waals surface area contributed by atoms with Crippen LogP contribution in [0.15, 0.2) is 54.6 Å². The van der Waals surface area contributed by atoms with Crippen molar-refractivity contribution in [1.82, 2.24) is 10.2 Å². The van der Waals surface area contributed by atoms with Gasteiger partial charge in [-0.2, -0.15) is 5.26 Å². The van der Waals surface area contributed by atoms with Gasteiger partial charge in [0.1, 0.15) is 23.9 Å².